The second-order valence-electron chi connectivity index (χ2n) is 4.73. The van der Waals surface area contributed by atoms with Crippen molar-refractivity contribution in [1.82, 2.24) is 0 Å². The highest BCUT2D eigenvalue weighted by atomic mass is 16.4. The number of carboxylic acids is 1. The molecule has 0 heterocycles. The summed E-state index contributed by atoms with van der Waals surface area (Å²) < 4.78 is 0. The first-order valence-electron chi connectivity index (χ1n) is 6.54. The number of aromatic hydroxyl groups is 4. The molecule has 2 aromatic carbocycles. The van der Waals surface area contributed by atoms with Crippen LogP contribution in [-0.2, 0) is 4.79 Å². The van der Waals surface area contributed by atoms with Crippen LogP contribution < -0.4 is 0 Å². The minimum atomic E-state index is -1.18. The third-order valence-electron chi connectivity index (χ3n) is 3.02. The molecule has 0 saturated carbocycles. The summed E-state index contributed by atoms with van der Waals surface area (Å²) in [7, 11) is 0. The van der Waals surface area contributed by atoms with E-state index in [1.807, 2.05) is 0 Å². The summed E-state index contributed by atoms with van der Waals surface area (Å²) in [6.07, 6.45) is 4.09. The smallest absolute Gasteiger partial charge is 0.335 e. The van der Waals surface area contributed by atoms with Gasteiger partial charge in [0.05, 0.1) is 5.57 Å². The van der Waals surface area contributed by atoms with E-state index < -0.39 is 5.97 Å². The summed E-state index contributed by atoms with van der Waals surface area (Å²) in [4.78, 5) is 11.3. The molecule has 0 amide bonds. The fourth-order valence-electron chi connectivity index (χ4n) is 1.82. The Bertz CT molecular complexity index is 805. The number of hydrogen-bond acceptors (Lipinski definition) is 5. The quantitative estimate of drug-likeness (QED) is 0.336. The second kappa shape index (κ2) is 6.57. The van der Waals surface area contributed by atoms with Gasteiger partial charge in [0, 0.05) is 0 Å². The molecule has 0 aromatic heterocycles. The van der Waals surface area contributed by atoms with E-state index >= 15 is 0 Å². The van der Waals surface area contributed by atoms with Gasteiger partial charge in [0.15, 0.2) is 23.0 Å². The highest BCUT2D eigenvalue weighted by molar-refractivity contribution is 5.96. The van der Waals surface area contributed by atoms with Crippen LogP contribution in [0.1, 0.15) is 11.1 Å². The van der Waals surface area contributed by atoms with Crippen molar-refractivity contribution in [2.75, 3.05) is 0 Å². The van der Waals surface area contributed by atoms with Crippen molar-refractivity contribution in [1.29, 1.82) is 0 Å². The summed E-state index contributed by atoms with van der Waals surface area (Å²) in [6.45, 7) is 0. The van der Waals surface area contributed by atoms with E-state index in [-0.39, 0.29) is 28.6 Å². The van der Waals surface area contributed by atoms with Crippen molar-refractivity contribution in [3.8, 4) is 23.0 Å². The van der Waals surface area contributed by atoms with Gasteiger partial charge in [0.25, 0.3) is 0 Å². The van der Waals surface area contributed by atoms with E-state index in [9.17, 15) is 30.3 Å². The van der Waals surface area contributed by atoms with Gasteiger partial charge in [0.2, 0.25) is 0 Å². The number of benzene rings is 2. The molecular weight excluding hydrogens is 300 g/mol. The Morgan fingerprint density at radius 2 is 1.30 bits per heavy atom. The number of carbonyl (C=O) groups is 1. The lowest BCUT2D eigenvalue weighted by Crippen LogP contribution is -1.97. The van der Waals surface area contributed by atoms with Crippen molar-refractivity contribution in [3.05, 3.63) is 59.2 Å². The van der Waals surface area contributed by atoms with E-state index in [0.29, 0.717) is 11.1 Å². The molecule has 0 bridgehead atoms. The van der Waals surface area contributed by atoms with Gasteiger partial charge in [-0.05, 0) is 47.5 Å². The van der Waals surface area contributed by atoms with Gasteiger partial charge in [-0.2, -0.15) is 0 Å². The lowest BCUT2D eigenvalue weighted by molar-refractivity contribution is -0.132. The third kappa shape index (κ3) is 4.04. The average Bonchev–Trinajstić information content (AvgIpc) is 2.50. The van der Waals surface area contributed by atoms with E-state index in [2.05, 4.69) is 0 Å². The molecule has 0 spiro atoms. The Kier molecular flexibility index (Phi) is 4.56. The van der Waals surface area contributed by atoms with Gasteiger partial charge >= 0.3 is 5.97 Å². The number of rotatable bonds is 4. The molecule has 0 unspecified atom stereocenters. The molecule has 6 nitrogen and oxygen atoms in total. The molecule has 0 atom stereocenters. The summed E-state index contributed by atoms with van der Waals surface area (Å²) >= 11 is 0. The largest absolute Gasteiger partial charge is 0.504 e. The van der Waals surface area contributed by atoms with Crippen LogP contribution in [-0.4, -0.2) is 31.5 Å². The lowest BCUT2D eigenvalue weighted by Gasteiger charge is -2.01. The molecule has 2 rings (SSSR count). The zero-order valence-electron chi connectivity index (χ0n) is 11.8. The standard InChI is InChI=1S/C17H14O6/c18-13-5-2-10(8-15(13)20)1-4-12(17(22)23)7-11-3-6-14(19)16(21)9-11/h1-9,18-21H,(H,22,23). The molecule has 0 aliphatic rings. The van der Waals surface area contributed by atoms with Crippen LogP contribution in [0.15, 0.2) is 48.0 Å². The fourth-order valence-corrected chi connectivity index (χ4v) is 1.82. The number of phenolic OH excluding ortho intramolecular Hbond substituents is 4. The number of aliphatic carboxylic acids is 1. The summed E-state index contributed by atoms with van der Waals surface area (Å²) in [6, 6.07) is 8.03. The topological polar surface area (TPSA) is 118 Å². The van der Waals surface area contributed by atoms with E-state index in [1.54, 1.807) is 0 Å². The molecule has 0 saturated heterocycles. The minimum absolute atomic E-state index is 0.0670. The molecule has 5 N–H and O–H groups in total. The van der Waals surface area contributed by atoms with Crippen molar-refractivity contribution in [2.24, 2.45) is 0 Å². The Morgan fingerprint density at radius 1 is 0.783 bits per heavy atom. The maximum absolute atomic E-state index is 11.3. The molecule has 118 valence electrons. The van der Waals surface area contributed by atoms with Crippen molar-refractivity contribution < 1.29 is 30.3 Å². The normalized spacial score (nSPS) is 11.7. The maximum Gasteiger partial charge on any atom is 0.335 e. The first-order valence-corrected chi connectivity index (χ1v) is 6.54. The predicted molar refractivity (Wildman–Crippen MR) is 84.2 cm³/mol. The van der Waals surface area contributed by atoms with Crippen LogP contribution in [0.4, 0.5) is 0 Å². The van der Waals surface area contributed by atoms with Gasteiger partial charge in [-0.25, -0.2) is 4.79 Å². The third-order valence-corrected chi connectivity index (χ3v) is 3.02. The Morgan fingerprint density at radius 3 is 1.83 bits per heavy atom. The van der Waals surface area contributed by atoms with Gasteiger partial charge in [0.1, 0.15) is 0 Å². The first-order chi connectivity index (χ1) is 10.9. The van der Waals surface area contributed by atoms with E-state index in [1.165, 1.54) is 54.6 Å². The van der Waals surface area contributed by atoms with E-state index in [0.717, 1.165) is 0 Å². The molecule has 6 heteroatoms. The second-order valence-corrected chi connectivity index (χ2v) is 4.73. The SMILES string of the molecule is O=C(O)C(C=Cc1ccc(O)c(O)c1)=Cc1ccc(O)c(O)c1. The Balaban J connectivity index is 2.32. The van der Waals surface area contributed by atoms with Gasteiger partial charge in [-0.1, -0.05) is 18.2 Å². The van der Waals surface area contributed by atoms with Gasteiger partial charge < -0.3 is 25.5 Å². The molecule has 0 fully saturated rings. The molecule has 23 heavy (non-hydrogen) atoms. The Hall–Kier alpha value is -3.41. The van der Waals surface area contributed by atoms with E-state index in [4.69, 9.17) is 0 Å². The Labute approximate surface area is 131 Å². The van der Waals surface area contributed by atoms with Gasteiger partial charge in [-0.3, -0.25) is 0 Å². The number of carboxylic acid groups (broad SMARTS) is 1. The zero-order valence-corrected chi connectivity index (χ0v) is 11.8. The van der Waals surface area contributed by atoms with Crippen LogP contribution in [0, 0.1) is 0 Å². The molecule has 0 aliphatic heterocycles. The first kappa shape index (κ1) is 16.0. The fraction of sp³-hybridized carbons (Fsp3) is 0. The van der Waals surface area contributed by atoms with Crippen molar-refractivity contribution in [3.63, 3.8) is 0 Å². The predicted octanol–water partition coefficient (Wildman–Crippen LogP) is 2.69. The molecule has 0 aliphatic carbocycles. The summed E-state index contributed by atoms with van der Waals surface area (Å²) in [5, 5.41) is 46.5. The lowest BCUT2D eigenvalue weighted by atomic mass is 10.1. The van der Waals surface area contributed by atoms with Crippen LogP contribution in [0.5, 0.6) is 23.0 Å². The maximum atomic E-state index is 11.3. The van der Waals surface area contributed by atoms with Gasteiger partial charge in [-0.15, -0.1) is 0 Å². The summed E-state index contributed by atoms with van der Waals surface area (Å²) in [5.74, 6) is -2.41. The zero-order chi connectivity index (χ0) is 17.0. The summed E-state index contributed by atoms with van der Waals surface area (Å²) in [5.41, 5.74) is 0.833. The van der Waals surface area contributed by atoms with Crippen LogP contribution in [0.2, 0.25) is 0 Å². The monoisotopic (exact) mass is 314 g/mol. The highest BCUT2D eigenvalue weighted by Gasteiger charge is 2.06. The van der Waals surface area contributed by atoms with Crippen LogP contribution in [0.3, 0.4) is 0 Å². The molecule has 2 aromatic rings. The molecular formula is C17H14O6. The van der Waals surface area contributed by atoms with Crippen LogP contribution in [0.25, 0.3) is 12.2 Å². The number of phenols is 4. The number of hydrogen-bond donors (Lipinski definition) is 5. The highest BCUT2D eigenvalue weighted by Crippen LogP contribution is 2.27. The van der Waals surface area contributed by atoms with Crippen molar-refractivity contribution >= 4 is 18.1 Å². The van der Waals surface area contributed by atoms with Crippen LogP contribution >= 0.6 is 0 Å². The average molecular weight is 314 g/mol. The molecule has 0 radical (unpaired) electrons. The van der Waals surface area contributed by atoms with Crippen molar-refractivity contribution in [2.45, 2.75) is 0 Å². The minimum Gasteiger partial charge on any atom is -0.504 e.